The Bertz CT molecular complexity index is 1970. The van der Waals surface area contributed by atoms with Gasteiger partial charge in [-0.05, 0) is 95.1 Å². The van der Waals surface area contributed by atoms with E-state index in [4.69, 9.17) is 22.9 Å². The molecule has 0 saturated carbocycles. The number of nitrogens with zero attached hydrogens (tertiary/aromatic N) is 1. The number of hydrogen-bond acceptors (Lipinski definition) is 16. The van der Waals surface area contributed by atoms with E-state index < -0.39 is 157 Å². The second kappa shape index (κ2) is 36.6. The van der Waals surface area contributed by atoms with Crippen molar-refractivity contribution in [2.24, 2.45) is 45.7 Å². The zero-order chi connectivity index (χ0) is 58.4. The number of carboxylic acids is 2. The number of guanidine groups is 1. The Morgan fingerprint density at radius 2 is 0.947 bits per heavy atom. The molecule has 0 spiro atoms. The molecule has 20 N–H and O–H groups in total. The second-order valence-electron chi connectivity index (χ2n) is 19.4. The molecule has 0 heterocycles. The van der Waals surface area contributed by atoms with Crippen molar-refractivity contribution in [1.29, 1.82) is 0 Å². The van der Waals surface area contributed by atoms with E-state index in [0.717, 1.165) is 0 Å². The van der Waals surface area contributed by atoms with E-state index in [0.29, 0.717) is 31.6 Å². The van der Waals surface area contributed by atoms with Gasteiger partial charge in [-0.15, -0.1) is 0 Å². The van der Waals surface area contributed by atoms with Crippen LogP contribution in [-0.2, 0) is 52.7 Å². The van der Waals surface area contributed by atoms with E-state index in [-0.39, 0.29) is 44.1 Å². The number of thioether (sulfide) groups is 1. The van der Waals surface area contributed by atoms with Gasteiger partial charge in [-0.2, -0.15) is 11.8 Å². The fraction of sp³-hybridized carbons (Fsp3) is 0.745. The minimum atomic E-state index is -1.66. The number of carbonyl (C=O) groups excluding carboxylic acids is 9. The third-order valence-electron chi connectivity index (χ3n) is 11.5. The molecule has 9 amide bonds. The largest absolute Gasteiger partial charge is 0.481 e. The average molecular weight is 1100 g/mol. The molecular formula is C47H86N14O14S. The molecule has 434 valence electrons. The second-order valence-corrected chi connectivity index (χ2v) is 20.4. The van der Waals surface area contributed by atoms with Gasteiger partial charge in [-0.25, -0.2) is 4.79 Å². The highest BCUT2D eigenvalue weighted by atomic mass is 32.2. The van der Waals surface area contributed by atoms with Crippen LogP contribution in [0.2, 0.25) is 0 Å². The van der Waals surface area contributed by atoms with Crippen LogP contribution in [0.25, 0.3) is 0 Å². The van der Waals surface area contributed by atoms with Crippen LogP contribution in [0.4, 0.5) is 0 Å². The Morgan fingerprint density at radius 3 is 1.38 bits per heavy atom. The number of rotatable bonds is 38. The first-order valence-electron chi connectivity index (χ1n) is 25.3. The predicted molar refractivity (Wildman–Crippen MR) is 283 cm³/mol. The van der Waals surface area contributed by atoms with Gasteiger partial charge in [-0.3, -0.25) is 52.9 Å². The van der Waals surface area contributed by atoms with Crippen molar-refractivity contribution in [2.75, 3.05) is 31.7 Å². The van der Waals surface area contributed by atoms with Gasteiger partial charge in [0.2, 0.25) is 53.2 Å². The fourth-order valence-corrected chi connectivity index (χ4v) is 7.54. The number of hydrogen-bond donors (Lipinski definition) is 16. The summed E-state index contributed by atoms with van der Waals surface area (Å²) >= 11 is 1.33. The van der Waals surface area contributed by atoms with Crippen LogP contribution in [0.3, 0.4) is 0 Å². The van der Waals surface area contributed by atoms with E-state index in [9.17, 15) is 68.1 Å². The number of nitrogens with one attached hydrogen (secondary N) is 9. The zero-order valence-corrected chi connectivity index (χ0v) is 46.0. The minimum absolute atomic E-state index is 0.00547. The summed E-state index contributed by atoms with van der Waals surface area (Å²) in [6.45, 7) is 12.2. The maximum Gasteiger partial charge on any atom is 0.328 e. The summed E-state index contributed by atoms with van der Waals surface area (Å²) in [6.07, 6.45) is 2.52. The molecule has 0 aliphatic heterocycles. The number of aliphatic hydroxyl groups excluding tert-OH is 1. The Labute approximate surface area is 448 Å². The molecule has 0 aliphatic carbocycles. The number of nitrogens with two attached hydrogens (primary N) is 4. The summed E-state index contributed by atoms with van der Waals surface area (Å²) in [6, 6.07) is -13.2. The van der Waals surface area contributed by atoms with Gasteiger partial charge >= 0.3 is 11.9 Å². The third-order valence-corrected chi connectivity index (χ3v) is 12.2. The van der Waals surface area contributed by atoms with E-state index in [2.05, 4.69) is 52.8 Å². The Kier molecular flexibility index (Phi) is 33.6. The Hall–Kier alpha value is -6.33. The first-order valence-corrected chi connectivity index (χ1v) is 26.7. The van der Waals surface area contributed by atoms with Gasteiger partial charge in [0.05, 0.1) is 12.6 Å². The first kappa shape index (κ1) is 69.7. The lowest BCUT2D eigenvalue weighted by atomic mass is 9.99. The summed E-state index contributed by atoms with van der Waals surface area (Å²) in [5.74, 6) is -11.6. The van der Waals surface area contributed by atoms with E-state index in [1.165, 1.54) is 25.6 Å². The molecular weight excluding hydrogens is 1020 g/mol. The monoisotopic (exact) mass is 1100 g/mol. The van der Waals surface area contributed by atoms with Gasteiger partial charge in [0.15, 0.2) is 5.96 Å². The lowest BCUT2D eigenvalue weighted by molar-refractivity contribution is -0.143. The molecule has 10 atom stereocenters. The molecule has 0 radical (unpaired) electrons. The molecule has 0 rings (SSSR count). The molecule has 76 heavy (non-hydrogen) atoms. The molecule has 0 fully saturated rings. The van der Waals surface area contributed by atoms with Crippen molar-refractivity contribution in [3.63, 3.8) is 0 Å². The Balaban J connectivity index is 6.37. The van der Waals surface area contributed by atoms with Crippen LogP contribution in [0.5, 0.6) is 0 Å². The highest BCUT2D eigenvalue weighted by Gasteiger charge is 2.36. The number of carbonyl (C=O) groups is 11. The molecule has 29 heteroatoms. The highest BCUT2D eigenvalue weighted by Crippen LogP contribution is 2.12. The van der Waals surface area contributed by atoms with Crippen LogP contribution in [0.1, 0.15) is 113 Å². The average Bonchev–Trinajstić information content (AvgIpc) is 3.33. The quantitative estimate of drug-likeness (QED) is 0.0159. The topological polar surface area (TPSA) is 473 Å². The number of carboxylic acid groups (broad SMARTS) is 2. The van der Waals surface area contributed by atoms with Gasteiger partial charge in [0.1, 0.15) is 54.4 Å². The van der Waals surface area contributed by atoms with Crippen molar-refractivity contribution in [1.82, 2.24) is 47.9 Å². The van der Waals surface area contributed by atoms with Gasteiger partial charge in [0, 0.05) is 13.0 Å². The minimum Gasteiger partial charge on any atom is -0.481 e. The molecule has 28 nitrogen and oxygen atoms in total. The number of aliphatic imine (C=N–C) groups is 1. The smallest absolute Gasteiger partial charge is 0.328 e. The zero-order valence-electron chi connectivity index (χ0n) is 45.2. The van der Waals surface area contributed by atoms with Gasteiger partial charge < -0.3 is 86.1 Å². The third kappa shape index (κ3) is 27.5. The predicted octanol–water partition coefficient (Wildman–Crippen LogP) is -4.05. The lowest BCUT2D eigenvalue weighted by Crippen LogP contribution is -2.61. The van der Waals surface area contributed by atoms with Crippen molar-refractivity contribution < 1.29 is 68.1 Å². The summed E-state index contributed by atoms with van der Waals surface area (Å²) < 4.78 is 0. The van der Waals surface area contributed by atoms with Crippen LogP contribution >= 0.6 is 11.8 Å². The number of aliphatic carboxylic acids is 2. The van der Waals surface area contributed by atoms with Crippen LogP contribution < -0.4 is 70.8 Å². The molecule has 0 bridgehead atoms. The number of aliphatic hydroxyl groups is 1. The Morgan fingerprint density at radius 1 is 0.513 bits per heavy atom. The maximum atomic E-state index is 14.0. The van der Waals surface area contributed by atoms with Crippen molar-refractivity contribution in [3.8, 4) is 0 Å². The lowest BCUT2D eigenvalue weighted by Gasteiger charge is -2.29. The molecule has 0 aromatic carbocycles. The van der Waals surface area contributed by atoms with Crippen molar-refractivity contribution >= 4 is 82.8 Å². The molecule has 0 aromatic heterocycles. The summed E-state index contributed by atoms with van der Waals surface area (Å²) in [5.41, 5.74) is 22.4. The fourth-order valence-electron chi connectivity index (χ4n) is 7.07. The molecule has 0 saturated heterocycles. The van der Waals surface area contributed by atoms with Gasteiger partial charge in [-0.1, -0.05) is 48.0 Å². The summed E-state index contributed by atoms with van der Waals surface area (Å²) in [4.78, 5) is 149. The first-order chi connectivity index (χ1) is 35.5. The SMILES string of the molecule is CSCC[C@H](NC(=O)[C@@H](NC(=O)[C@H](CCC(=O)O)NC(=O)[C@H](C)NC(=O)[C@H](CC(C)C)NC(=O)[C@@H](NC(=O)[C@H](CCCN=C(N)N)NC(=O)[C@H](C)NC(=O)[C@@H](N)CCCCN)C(C)C)C(C)C)C(=O)N[C@@H](CO)C(=O)O. The van der Waals surface area contributed by atoms with Crippen LogP contribution in [0.15, 0.2) is 4.99 Å². The summed E-state index contributed by atoms with van der Waals surface area (Å²) in [5, 5.41) is 50.7. The molecule has 0 unspecified atom stereocenters. The number of unbranched alkanes of at least 4 members (excludes halogenated alkanes) is 1. The van der Waals surface area contributed by atoms with Crippen molar-refractivity contribution in [2.45, 2.75) is 174 Å². The van der Waals surface area contributed by atoms with Crippen molar-refractivity contribution in [3.05, 3.63) is 0 Å². The molecule has 0 aliphatic rings. The van der Waals surface area contributed by atoms with Crippen LogP contribution in [0, 0.1) is 17.8 Å². The molecule has 0 aromatic rings. The highest BCUT2D eigenvalue weighted by molar-refractivity contribution is 7.98. The maximum absolute atomic E-state index is 14.0. The standard InChI is InChI=1S/C47H86N14O14S/c1-23(2)21-32(58-45(73)36(25(5)6)60-41(69)29(14-12-19-52-47(50)51)55-37(65)26(7)53-39(67)28(49)13-10-11-18-48)43(71)54-27(8)38(66)56-30(15-16-34(63)64)42(70)61-35(24(3)4)44(72)57-31(17-20-76-9)40(68)59-33(22-62)46(74)75/h23-33,35-36,62H,10-22,48-49H2,1-9H3,(H,53,67)(H,54,71)(H,55,65)(H,56,66)(H,57,72)(H,58,73)(H,59,68)(H,60,69)(H,61,70)(H,63,64)(H,74,75)(H4,50,51,52)/t26-,27-,28-,29-,30-,31-,32-,33-,35-,36-/m0/s1. The van der Waals surface area contributed by atoms with E-state index in [1.54, 1.807) is 47.8 Å². The van der Waals surface area contributed by atoms with E-state index >= 15 is 0 Å². The van der Waals surface area contributed by atoms with Crippen LogP contribution in [-0.4, -0.2) is 179 Å². The number of amides is 9. The normalized spacial score (nSPS) is 15.1. The van der Waals surface area contributed by atoms with Gasteiger partial charge in [0.25, 0.3) is 0 Å². The van der Waals surface area contributed by atoms with E-state index in [1.807, 2.05) is 0 Å². The summed E-state index contributed by atoms with van der Waals surface area (Å²) in [7, 11) is 0.